The molecule has 21 heavy (non-hydrogen) atoms. The molecule has 0 unspecified atom stereocenters. The largest absolute Gasteiger partial charge is 0.468 e. The van der Waals surface area contributed by atoms with E-state index in [9.17, 15) is 4.79 Å². The molecule has 0 amide bonds. The van der Waals surface area contributed by atoms with Crippen LogP contribution in [0.2, 0.25) is 0 Å². The van der Waals surface area contributed by atoms with Gasteiger partial charge in [0.05, 0.1) is 19.3 Å². The van der Waals surface area contributed by atoms with Crippen LogP contribution in [0.3, 0.4) is 0 Å². The first-order valence-corrected chi connectivity index (χ1v) is 7.70. The first kappa shape index (κ1) is 15.6. The summed E-state index contributed by atoms with van der Waals surface area (Å²) in [7, 11) is 1.38. The van der Waals surface area contributed by atoms with E-state index in [0.29, 0.717) is 23.9 Å². The van der Waals surface area contributed by atoms with Gasteiger partial charge in [-0.25, -0.2) is 0 Å². The van der Waals surface area contributed by atoms with Gasteiger partial charge in [-0.1, -0.05) is 29.4 Å². The maximum atomic E-state index is 11.3. The van der Waals surface area contributed by atoms with Crippen molar-refractivity contribution < 1.29 is 14.1 Å². The average Bonchev–Trinajstić information content (AvgIpc) is 2.94. The molecule has 0 aliphatic carbocycles. The Morgan fingerprint density at radius 1 is 1.43 bits per heavy atom. The van der Waals surface area contributed by atoms with Gasteiger partial charge in [-0.15, -0.1) is 11.8 Å². The number of carbonyl (C=O) groups is 1. The van der Waals surface area contributed by atoms with Crippen molar-refractivity contribution in [2.75, 3.05) is 7.11 Å². The van der Waals surface area contributed by atoms with E-state index in [4.69, 9.17) is 4.52 Å². The highest BCUT2D eigenvalue weighted by atomic mass is 32.2. The summed E-state index contributed by atoms with van der Waals surface area (Å²) in [6.07, 6.45) is 0.622. The summed E-state index contributed by atoms with van der Waals surface area (Å²) in [5.74, 6) is 1.46. The summed E-state index contributed by atoms with van der Waals surface area (Å²) < 4.78 is 9.93. The molecule has 0 aliphatic heterocycles. The summed E-state index contributed by atoms with van der Waals surface area (Å²) in [5.41, 5.74) is 2.37. The van der Waals surface area contributed by atoms with E-state index in [2.05, 4.69) is 27.9 Å². The molecule has 1 aromatic heterocycles. The van der Waals surface area contributed by atoms with Gasteiger partial charge in [-0.2, -0.15) is 4.98 Å². The Morgan fingerprint density at radius 3 is 2.90 bits per heavy atom. The van der Waals surface area contributed by atoms with Gasteiger partial charge in [0.25, 0.3) is 0 Å². The Kier molecular flexibility index (Phi) is 5.38. The summed E-state index contributed by atoms with van der Waals surface area (Å²) in [6, 6.07) is 8.10. The molecule has 0 radical (unpaired) electrons. The Balaban J connectivity index is 1.93. The lowest BCUT2D eigenvalue weighted by molar-refractivity contribution is -0.139. The Hall–Kier alpha value is -1.82. The van der Waals surface area contributed by atoms with Gasteiger partial charge in [0.15, 0.2) is 5.82 Å². The summed E-state index contributed by atoms with van der Waals surface area (Å²) in [5, 5.41) is 3.70. The van der Waals surface area contributed by atoms with Gasteiger partial charge >= 0.3 is 5.97 Å². The number of aryl methyl sites for hydroxylation is 1. The van der Waals surface area contributed by atoms with Crippen molar-refractivity contribution in [2.24, 2.45) is 0 Å². The first-order chi connectivity index (χ1) is 10.1. The number of rotatable bonds is 6. The fourth-order valence-electron chi connectivity index (χ4n) is 1.83. The normalized spacial score (nSPS) is 12.1. The number of hydrogen-bond donors (Lipinski definition) is 0. The zero-order chi connectivity index (χ0) is 15.2. The Morgan fingerprint density at radius 2 is 2.19 bits per heavy atom. The number of ether oxygens (including phenoxy) is 1. The minimum absolute atomic E-state index is 0.242. The van der Waals surface area contributed by atoms with Crippen molar-refractivity contribution in [3.63, 3.8) is 0 Å². The quantitative estimate of drug-likeness (QED) is 0.765. The lowest BCUT2D eigenvalue weighted by atomic mass is 10.1. The standard InChI is InChI=1S/C15H18N2O3S/c1-10-6-4-5-7-12(10)8-14-16-13(17-20-14)9-21-11(2)15(18)19-3/h4-7,11H,8-9H2,1-3H3/t11-/m1/s1. The number of thioether (sulfide) groups is 1. The van der Waals surface area contributed by atoms with Crippen molar-refractivity contribution in [2.45, 2.75) is 31.3 Å². The number of esters is 1. The second-order valence-corrected chi connectivity index (χ2v) is 6.01. The molecule has 1 atom stereocenters. The van der Waals surface area contributed by atoms with Gasteiger partial charge in [-0.05, 0) is 25.0 Å². The Labute approximate surface area is 128 Å². The van der Waals surface area contributed by atoms with Crippen LogP contribution >= 0.6 is 11.8 Å². The minimum Gasteiger partial charge on any atom is -0.468 e. The zero-order valence-electron chi connectivity index (χ0n) is 12.3. The average molecular weight is 306 g/mol. The number of hydrogen-bond acceptors (Lipinski definition) is 6. The van der Waals surface area contributed by atoms with Crippen LogP contribution in [0.15, 0.2) is 28.8 Å². The van der Waals surface area contributed by atoms with Crippen molar-refractivity contribution >= 4 is 17.7 Å². The van der Waals surface area contributed by atoms with Crippen LogP contribution in [0.25, 0.3) is 0 Å². The molecule has 0 fully saturated rings. The predicted molar refractivity (Wildman–Crippen MR) is 81.1 cm³/mol. The van der Waals surface area contributed by atoms with Gasteiger partial charge in [0, 0.05) is 0 Å². The molecule has 0 saturated carbocycles. The molecular formula is C15H18N2O3S. The number of carbonyl (C=O) groups excluding carboxylic acids is 1. The molecule has 6 heteroatoms. The third-order valence-electron chi connectivity index (χ3n) is 3.11. The molecule has 0 saturated heterocycles. The molecule has 112 valence electrons. The molecule has 0 N–H and O–H groups in total. The van der Waals surface area contributed by atoms with Crippen LogP contribution in [0, 0.1) is 6.92 Å². The van der Waals surface area contributed by atoms with Crippen molar-refractivity contribution in [3.05, 3.63) is 47.1 Å². The van der Waals surface area contributed by atoms with E-state index >= 15 is 0 Å². The summed E-state index contributed by atoms with van der Waals surface area (Å²) >= 11 is 1.43. The highest BCUT2D eigenvalue weighted by Gasteiger charge is 2.15. The fraction of sp³-hybridized carbons (Fsp3) is 0.400. The van der Waals surface area contributed by atoms with Gasteiger partial charge in [0.2, 0.25) is 5.89 Å². The molecule has 1 heterocycles. The molecule has 2 aromatic rings. The van der Waals surface area contributed by atoms with Crippen LogP contribution in [0.5, 0.6) is 0 Å². The first-order valence-electron chi connectivity index (χ1n) is 6.65. The maximum absolute atomic E-state index is 11.3. The highest BCUT2D eigenvalue weighted by molar-refractivity contribution is 7.99. The fourth-order valence-corrected chi connectivity index (χ4v) is 2.57. The van der Waals surface area contributed by atoms with Gasteiger partial charge in [-0.3, -0.25) is 4.79 Å². The zero-order valence-corrected chi connectivity index (χ0v) is 13.1. The van der Waals surface area contributed by atoms with E-state index < -0.39 is 0 Å². The van der Waals surface area contributed by atoms with Crippen LogP contribution in [-0.2, 0) is 21.7 Å². The second-order valence-electron chi connectivity index (χ2n) is 4.68. The monoisotopic (exact) mass is 306 g/mol. The molecule has 0 aliphatic rings. The van der Waals surface area contributed by atoms with Crippen LogP contribution in [0.1, 0.15) is 29.8 Å². The van der Waals surface area contributed by atoms with Crippen molar-refractivity contribution in [1.82, 2.24) is 10.1 Å². The molecule has 0 bridgehead atoms. The molecule has 0 spiro atoms. The smallest absolute Gasteiger partial charge is 0.318 e. The van der Waals surface area contributed by atoms with E-state index in [1.54, 1.807) is 6.92 Å². The van der Waals surface area contributed by atoms with E-state index in [1.165, 1.54) is 30.0 Å². The lowest BCUT2D eigenvalue weighted by Crippen LogP contribution is -2.15. The summed E-state index contributed by atoms with van der Waals surface area (Å²) in [4.78, 5) is 15.7. The van der Waals surface area contributed by atoms with Gasteiger partial charge < -0.3 is 9.26 Å². The topological polar surface area (TPSA) is 65.2 Å². The van der Waals surface area contributed by atoms with E-state index in [0.717, 1.165) is 0 Å². The molecular weight excluding hydrogens is 288 g/mol. The highest BCUT2D eigenvalue weighted by Crippen LogP contribution is 2.18. The SMILES string of the molecule is COC(=O)[C@@H](C)SCc1noc(Cc2ccccc2C)n1. The maximum Gasteiger partial charge on any atom is 0.318 e. The van der Waals surface area contributed by atoms with Gasteiger partial charge in [0.1, 0.15) is 5.25 Å². The lowest BCUT2D eigenvalue weighted by Gasteiger charge is -2.06. The third kappa shape index (κ3) is 4.32. The number of benzene rings is 1. The van der Waals surface area contributed by atoms with Crippen molar-refractivity contribution in [1.29, 1.82) is 0 Å². The molecule has 1 aromatic carbocycles. The minimum atomic E-state index is -0.247. The molecule has 5 nitrogen and oxygen atoms in total. The van der Waals surface area contributed by atoms with Crippen LogP contribution in [0.4, 0.5) is 0 Å². The summed E-state index contributed by atoms with van der Waals surface area (Å²) in [6.45, 7) is 3.85. The number of aromatic nitrogens is 2. The van der Waals surface area contributed by atoms with Crippen LogP contribution < -0.4 is 0 Å². The number of nitrogens with zero attached hydrogens (tertiary/aromatic N) is 2. The third-order valence-corrected chi connectivity index (χ3v) is 4.23. The molecule has 2 rings (SSSR count). The number of methoxy groups -OCH3 is 1. The second kappa shape index (κ2) is 7.26. The van der Waals surface area contributed by atoms with E-state index in [1.807, 2.05) is 18.2 Å². The van der Waals surface area contributed by atoms with E-state index in [-0.39, 0.29) is 11.2 Å². The Bertz CT molecular complexity index is 612. The van der Waals surface area contributed by atoms with Crippen molar-refractivity contribution in [3.8, 4) is 0 Å². The van der Waals surface area contributed by atoms with Crippen LogP contribution in [-0.4, -0.2) is 28.5 Å². The predicted octanol–water partition coefficient (Wildman–Crippen LogP) is 2.76.